The Morgan fingerprint density at radius 1 is 0.368 bits per heavy atom. The highest BCUT2D eigenvalue weighted by Gasteiger charge is 2.07. The SMILES string of the molecule is CCCCCCCCCCCCCCCC(=O)NC(=O)CCCCCCCCCCCCCCC.Cl.Cl.N. The van der Waals surface area contributed by atoms with Crippen molar-refractivity contribution in [3.05, 3.63) is 0 Å². The van der Waals surface area contributed by atoms with Crippen molar-refractivity contribution in [1.29, 1.82) is 0 Å². The summed E-state index contributed by atoms with van der Waals surface area (Å²) in [4.78, 5) is 23.9. The molecular formula is C32H68Cl2N2O2. The number of carbonyl (C=O) groups excluding carboxylic acids is 2. The van der Waals surface area contributed by atoms with E-state index in [0.717, 1.165) is 25.7 Å². The number of carbonyl (C=O) groups is 2. The van der Waals surface area contributed by atoms with E-state index in [1.807, 2.05) is 0 Å². The van der Waals surface area contributed by atoms with Crippen molar-refractivity contribution in [3.8, 4) is 0 Å². The van der Waals surface area contributed by atoms with Gasteiger partial charge in [0.15, 0.2) is 0 Å². The Bertz CT molecular complexity index is 425. The average Bonchev–Trinajstić information content (AvgIpc) is 2.85. The van der Waals surface area contributed by atoms with Crippen LogP contribution in [0.1, 0.15) is 194 Å². The molecule has 232 valence electrons. The predicted octanol–water partition coefficient (Wildman–Crippen LogP) is 11.6. The molecule has 4 N–H and O–H groups in total. The quantitative estimate of drug-likeness (QED) is 0.0899. The summed E-state index contributed by atoms with van der Waals surface area (Å²) in [6.07, 6.45) is 34.9. The summed E-state index contributed by atoms with van der Waals surface area (Å²) < 4.78 is 0. The molecule has 0 saturated carbocycles. The topological polar surface area (TPSA) is 81.2 Å². The number of halogens is 2. The fourth-order valence-corrected chi connectivity index (χ4v) is 4.89. The number of amides is 2. The fourth-order valence-electron chi connectivity index (χ4n) is 4.89. The maximum Gasteiger partial charge on any atom is 0.226 e. The van der Waals surface area contributed by atoms with Crippen molar-refractivity contribution in [2.75, 3.05) is 0 Å². The van der Waals surface area contributed by atoms with Crippen LogP contribution in [0.25, 0.3) is 0 Å². The van der Waals surface area contributed by atoms with Gasteiger partial charge in [0.25, 0.3) is 0 Å². The molecule has 6 heteroatoms. The van der Waals surface area contributed by atoms with Gasteiger partial charge in [-0.25, -0.2) is 0 Å². The summed E-state index contributed by atoms with van der Waals surface area (Å²) in [6, 6.07) is 0. The van der Waals surface area contributed by atoms with Crippen molar-refractivity contribution >= 4 is 36.6 Å². The molecule has 0 aliphatic heterocycles. The molecule has 0 aromatic heterocycles. The average molecular weight is 584 g/mol. The summed E-state index contributed by atoms with van der Waals surface area (Å²) >= 11 is 0. The lowest BCUT2D eigenvalue weighted by molar-refractivity contribution is -0.130. The third kappa shape index (κ3) is 37.8. The molecule has 0 aromatic rings. The molecular weight excluding hydrogens is 515 g/mol. The second-order valence-corrected chi connectivity index (χ2v) is 11.0. The van der Waals surface area contributed by atoms with Gasteiger partial charge in [-0.15, -0.1) is 24.8 Å². The van der Waals surface area contributed by atoms with Gasteiger partial charge in [-0.3, -0.25) is 14.9 Å². The first-order valence-corrected chi connectivity index (χ1v) is 16.0. The molecule has 2 amide bonds. The van der Waals surface area contributed by atoms with Gasteiger partial charge in [0.2, 0.25) is 11.8 Å². The second kappa shape index (κ2) is 38.8. The Hall–Kier alpha value is -0.320. The summed E-state index contributed by atoms with van der Waals surface area (Å²) in [5, 5.41) is 2.59. The number of rotatable bonds is 28. The number of hydrogen-bond acceptors (Lipinski definition) is 3. The Balaban J connectivity index is -0.00000193. The van der Waals surface area contributed by atoms with E-state index in [2.05, 4.69) is 19.2 Å². The normalized spacial score (nSPS) is 10.3. The van der Waals surface area contributed by atoms with Crippen LogP contribution in [0.4, 0.5) is 0 Å². The lowest BCUT2D eigenvalue weighted by Crippen LogP contribution is -2.29. The molecule has 0 fully saturated rings. The number of nitrogens with one attached hydrogen (secondary N) is 1. The molecule has 0 heterocycles. The molecule has 0 bridgehead atoms. The molecule has 4 nitrogen and oxygen atoms in total. The minimum Gasteiger partial charge on any atom is -0.344 e. The van der Waals surface area contributed by atoms with E-state index in [9.17, 15) is 9.59 Å². The molecule has 0 atom stereocenters. The Morgan fingerprint density at radius 3 is 0.763 bits per heavy atom. The van der Waals surface area contributed by atoms with Crippen LogP contribution in [0.3, 0.4) is 0 Å². The van der Waals surface area contributed by atoms with Gasteiger partial charge >= 0.3 is 0 Å². The van der Waals surface area contributed by atoms with E-state index >= 15 is 0 Å². The van der Waals surface area contributed by atoms with Gasteiger partial charge in [-0.2, -0.15) is 0 Å². The van der Waals surface area contributed by atoms with Crippen LogP contribution in [-0.2, 0) is 9.59 Å². The molecule has 0 aliphatic carbocycles. The second-order valence-electron chi connectivity index (χ2n) is 11.0. The van der Waals surface area contributed by atoms with E-state index in [1.165, 1.54) is 141 Å². The zero-order valence-electron chi connectivity index (χ0n) is 25.6. The highest BCUT2D eigenvalue weighted by molar-refractivity contribution is 5.95. The Labute approximate surface area is 250 Å². The molecule has 0 spiro atoms. The predicted molar refractivity (Wildman–Crippen MR) is 173 cm³/mol. The van der Waals surface area contributed by atoms with Gasteiger partial charge in [0, 0.05) is 12.8 Å². The zero-order chi connectivity index (χ0) is 25.7. The molecule has 0 aromatic carbocycles. The summed E-state index contributed by atoms with van der Waals surface area (Å²) in [7, 11) is 0. The summed E-state index contributed by atoms with van der Waals surface area (Å²) in [5.74, 6) is -0.152. The van der Waals surface area contributed by atoms with Crippen LogP contribution < -0.4 is 11.5 Å². The van der Waals surface area contributed by atoms with Crippen LogP contribution in [-0.4, -0.2) is 11.8 Å². The molecule has 0 aliphatic rings. The van der Waals surface area contributed by atoms with Crippen LogP contribution in [0, 0.1) is 0 Å². The van der Waals surface area contributed by atoms with Gasteiger partial charge < -0.3 is 6.15 Å². The molecule has 0 unspecified atom stereocenters. The maximum atomic E-state index is 12.0. The largest absolute Gasteiger partial charge is 0.344 e. The zero-order valence-corrected chi connectivity index (χ0v) is 27.3. The van der Waals surface area contributed by atoms with Gasteiger partial charge in [-0.05, 0) is 12.8 Å². The minimum absolute atomic E-state index is 0. The van der Waals surface area contributed by atoms with E-state index in [-0.39, 0.29) is 42.8 Å². The Morgan fingerprint density at radius 2 is 0.553 bits per heavy atom. The van der Waals surface area contributed by atoms with Crippen molar-refractivity contribution in [2.24, 2.45) is 0 Å². The lowest BCUT2D eigenvalue weighted by Gasteiger charge is -2.05. The third-order valence-electron chi connectivity index (χ3n) is 7.29. The van der Waals surface area contributed by atoms with E-state index in [4.69, 9.17) is 0 Å². The van der Waals surface area contributed by atoms with Crippen molar-refractivity contribution in [1.82, 2.24) is 11.5 Å². The van der Waals surface area contributed by atoms with Crippen molar-refractivity contribution < 1.29 is 9.59 Å². The molecule has 0 radical (unpaired) electrons. The van der Waals surface area contributed by atoms with Gasteiger partial charge in [-0.1, -0.05) is 168 Å². The van der Waals surface area contributed by atoms with Gasteiger partial charge in [0.1, 0.15) is 0 Å². The van der Waals surface area contributed by atoms with Gasteiger partial charge in [0.05, 0.1) is 0 Å². The Kier molecular flexibility index (Phi) is 45.7. The van der Waals surface area contributed by atoms with E-state index in [0.29, 0.717) is 12.8 Å². The fraction of sp³-hybridized carbons (Fsp3) is 0.938. The van der Waals surface area contributed by atoms with Crippen molar-refractivity contribution in [2.45, 2.75) is 194 Å². The minimum atomic E-state index is -0.0761. The smallest absolute Gasteiger partial charge is 0.226 e. The highest BCUT2D eigenvalue weighted by atomic mass is 35.5. The van der Waals surface area contributed by atoms with Crippen molar-refractivity contribution in [3.63, 3.8) is 0 Å². The number of hydrogen-bond donors (Lipinski definition) is 2. The van der Waals surface area contributed by atoms with E-state index in [1.54, 1.807) is 0 Å². The number of unbranched alkanes of at least 4 members (excludes halogenated alkanes) is 24. The van der Waals surface area contributed by atoms with Crippen LogP contribution >= 0.6 is 24.8 Å². The molecule has 0 saturated heterocycles. The third-order valence-corrected chi connectivity index (χ3v) is 7.29. The van der Waals surface area contributed by atoms with Crippen LogP contribution in [0.2, 0.25) is 0 Å². The summed E-state index contributed by atoms with van der Waals surface area (Å²) in [6.45, 7) is 4.54. The molecule has 0 rings (SSSR count). The monoisotopic (exact) mass is 582 g/mol. The summed E-state index contributed by atoms with van der Waals surface area (Å²) in [5.41, 5.74) is 0. The number of imide groups is 1. The van der Waals surface area contributed by atoms with Crippen LogP contribution in [0.15, 0.2) is 0 Å². The highest BCUT2D eigenvalue weighted by Crippen LogP contribution is 2.14. The maximum absolute atomic E-state index is 12.0. The first-order valence-electron chi connectivity index (χ1n) is 16.0. The lowest BCUT2D eigenvalue weighted by atomic mass is 10.0. The molecule has 38 heavy (non-hydrogen) atoms. The first-order chi connectivity index (χ1) is 17.2. The first kappa shape index (κ1) is 44.7. The van der Waals surface area contributed by atoms with Crippen LogP contribution in [0.5, 0.6) is 0 Å². The van der Waals surface area contributed by atoms with E-state index < -0.39 is 0 Å². The standard InChI is InChI=1S/C32H63NO2.2ClH.H3N/c1-3-5-7-9-11-13-15-17-19-21-23-25-27-29-31(34)33-32(35)30-28-26-24-22-20-18-16-14-12-10-8-6-4-2;;;/h3-30H2,1-2H3,(H,33,34,35);2*1H;1H3.